The van der Waals surface area contributed by atoms with Crippen LogP contribution in [0.1, 0.15) is 26.3 Å². The Morgan fingerprint density at radius 2 is 1.48 bits per heavy atom. The van der Waals surface area contributed by atoms with E-state index in [1.165, 1.54) is 4.90 Å². The highest BCUT2D eigenvalue weighted by Crippen LogP contribution is 2.24. The average Bonchev–Trinajstić information content (AvgIpc) is 2.53. The van der Waals surface area contributed by atoms with Gasteiger partial charge in [0.25, 0.3) is 5.91 Å². The molecule has 128 valence electrons. The van der Waals surface area contributed by atoms with E-state index < -0.39 is 8.80 Å². The average molecular weight is 337 g/mol. The molecule has 23 heavy (non-hydrogen) atoms. The molecule has 0 aromatic heterocycles. The molecule has 0 unspecified atom stereocenters. The van der Waals surface area contributed by atoms with E-state index in [-0.39, 0.29) is 5.91 Å². The van der Waals surface area contributed by atoms with E-state index in [4.69, 9.17) is 13.3 Å². The van der Waals surface area contributed by atoms with Crippen molar-refractivity contribution in [2.75, 3.05) is 33.9 Å². The van der Waals surface area contributed by atoms with E-state index in [0.717, 1.165) is 5.56 Å². The van der Waals surface area contributed by atoms with Gasteiger partial charge in [0.05, 0.1) is 5.20 Å². The molecule has 0 saturated carbocycles. The molecule has 0 saturated heterocycles. The first-order valence-electron chi connectivity index (χ1n) is 7.91. The van der Waals surface area contributed by atoms with Crippen molar-refractivity contribution in [1.29, 1.82) is 0 Å². The summed E-state index contributed by atoms with van der Waals surface area (Å²) >= 11 is 0. The van der Waals surface area contributed by atoms with Gasteiger partial charge in [0.2, 0.25) is 0 Å². The first kappa shape index (κ1) is 19.6. The van der Waals surface area contributed by atoms with E-state index in [1.807, 2.05) is 57.2 Å². The molecule has 0 fully saturated rings. The third kappa shape index (κ3) is 5.28. The monoisotopic (exact) mass is 337 g/mol. The van der Waals surface area contributed by atoms with E-state index in [2.05, 4.69) is 0 Å². The normalized spacial score (nSPS) is 12.3. The summed E-state index contributed by atoms with van der Waals surface area (Å²) in [6, 6.07) is 9.66. The van der Waals surface area contributed by atoms with Gasteiger partial charge in [-0.3, -0.25) is 4.79 Å². The Hall–Kier alpha value is -1.47. The number of amides is 1. The molecule has 1 aromatic rings. The van der Waals surface area contributed by atoms with E-state index in [9.17, 15) is 4.79 Å². The number of carbonyl (C=O) groups is 1. The summed E-state index contributed by atoms with van der Waals surface area (Å²) in [5.41, 5.74) is 0.911. The van der Waals surface area contributed by atoms with Gasteiger partial charge >= 0.3 is 8.80 Å². The highest BCUT2D eigenvalue weighted by atomic mass is 28.4. The van der Waals surface area contributed by atoms with Gasteiger partial charge < -0.3 is 18.2 Å². The number of likely N-dealkylation sites (N-methyl/N-ethyl adjacent to an activating group) is 1. The zero-order valence-electron chi connectivity index (χ0n) is 14.7. The number of benzene rings is 1. The van der Waals surface area contributed by atoms with Crippen LogP contribution in [0.3, 0.4) is 0 Å². The summed E-state index contributed by atoms with van der Waals surface area (Å²) in [4.78, 5) is 14.3. The van der Waals surface area contributed by atoms with Crippen LogP contribution >= 0.6 is 0 Å². The Labute approximate surface area is 140 Å². The number of nitrogens with zero attached hydrogens (tertiary/aromatic N) is 1. The Bertz CT molecular complexity index is 500. The van der Waals surface area contributed by atoms with Crippen LogP contribution in [0.2, 0.25) is 0 Å². The van der Waals surface area contributed by atoms with Gasteiger partial charge in [0.1, 0.15) is 0 Å². The highest BCUT2D eigenvalue weighted by Gasteiger charge is 2.49. The molecule has 0 radical (unpaired) electrons. The van der Waals surface area contributed by atoms with Gasteiger partial charge in [-0.1, -0.05) is 30.3 Å². The summed E-state index contributed by atoms with van der Waals surface area (Å²) in [6.45, 7) is 6.87. The van der Waals surface area contributed by atoms with Gasteiger partial charge in [-0.05, 0) is 32.4 Å². The van der Waals surface area contributed by atoms with Crippen LogP contribution in [0.15, 0.2) is 35.5 Å². The van der Waals surface area contributed by atoms with Crippen molar-refractivity contribution in [3.05, 3.63) is 41.1 Å². The molecular formula is C17H27NO4Si. The van der Waals surface area contributed by atoms with Crippen LogP contribution in [0.5, 0.6) is 0 Å². The fraction of sp³-hybridized carbons (Fsp3) is 0.471. The molecule has 0 spiro atoms. The van der Waals surface area contributed by atoms with Gasteiger partial charge in [0.15, 0.2) is 0 Å². The molecule has 0 heterocycles. The molecule has 6 heteroatoms. The van der Waals surface area contributed by atoms with Gasteiger partial charge in [0, 0.05) is 33.9 Å². The third-order valence-corrected chi connectivity index (χ3v) is 6.10. The van der Waals surface area contributed by atoms with E-state index >= 15 is 0 Å². The smallest absolute Gasteiger partial charge is 0.370 e. The quantitative estimate of drug-likeness (QED) is 0.513. The molecule has 1 rings (SSSR count). The zero-order valence-corrected chi connectivity index (χ0v) is 15.7. The second-order valence-corrected chi connectivity index (χ2v) is 7.54. The second kappa shape index (κ2) is 9.62. The van der Waals surface area contributed by atoms with Crippen molar-refractivity contribution in [1.82, 2.24) is 4.90 Å². The Kier molecular flexibility index (Phi) is 8.18. The maximum Gasteiger partial charge on any atom is 0.542 e. The maximum absolute atomic E-state index is 12.8. The van der Waals surface area contributed by atoms with Crippen LogP contribution in [-0.2, 0) is 18.1 Å². The van der Waals surface area contributed by atoms with Crippen LogP contribution in [0.25, 0.3) is 6.08 Å². The lowest BCUT2D eigenvalue weighted by atomic mass is 10.2. The number of rotatable bonds is 9. The van der Waals surface area contributed by atoms with Crippen molar-refractivity contribution in [2.45, 2.75) is 20.8 Å². The van der Waals surface area contributed by atoms with Crippen molar-refractivity contribution in [2.24, 2.45) is 0 Å². The van der Waals surface area contributed by atoms with Crippen molar-refractivity contribution >= 4 is 20.8 Å². The highest BCUT2D eigenvalue weighted by molar-refractivity contribution is 6.75. The summed E-state index contributed by atoms with van der Waals surface area (Å²) in [5, 5.41) is 0.458. The van der Waals surface area contributed by atoms with Crippen molar-refractivity contribution in [3.8, 4) is 0 Å². The zero-order chi connectivity index (χ0) is 17.3. The molecule has 1 aromatic carbocycles. The second-order valence-electron chi connectivity index (χ2n) is 5.02. The minimum absolute atomic E-state index is 0.157. The van der Waals surface area contributed by atoms with Crippen molar-refractivity contribution < 1.29 is 18.1 Å². The minimum Gasteiger partial charge on any atom is -0.370 e. The molecular weight excluding hydrogens is 310 g/mol. The number of carbonyl (C=O) groups excluding carboxylic acids is 1. The van der Waals surface area contributed by atoms with Crippen LogP contribution in [-0.4, -0.2) is 53.5 Å². The molecule has 0 N–H and O–H groups in total. The summed E-state index contributed by atoms with van der Waals surface area (Å²) in [7, 11) is 0.161. The van der Waals surface area contributed by atoms with Crippen LogP contribution < -0.4 is 0 Å². The molecule has 0 atom stereocenters. The fourth-order valence-electron chi connectivity index (χ4n) is 2.17. The predicted molar refractivity (Wildman–Crippen MR) is 93.7 cm³/mol. The minimum atomic E-state index is -3.26. The maximum atomic E-state index is 12.8. The van der Waals surface area contributed by atoms with Crippen LogP contribution in [0, 0.1) is 0 Å². The van der Waals surface area contributed by atoms with E-state index in [0.29, 0.717) is 25.0 Å². The summed E-state index contributed by atoms with van der Waals surface area (Å²) in [6.07, 6.45) is 1.82. The first-order chi connectivity index (χ1) is 11.0. The molecule has 0 aliphatic rings. The Morgan fingerprint density at radius 3 is 1.87 bits per heavy atom. The number of hydrogen-bond donors (Lipinski definition) is 0. The van der Waals surface area contributed by atoms with Crippen LogP contribution in [0.4, 0.5) is 0 Å². The lowest BCUT2D eigenvalue weighted by Gasteiger charge is -2.31. The molecule has 0 aliphatic heterocycles. The van der Waals surface area contributed by atoms with Gasteiger partial charge in [-0.25, -0.2) is 0 Å². The SMILES string of the molecule is CCO[Si](OCC)(OCC)/C(=C/c1ccccc1)C(=O)N(C)C. The Morgan fingerprint density at radius 1 is 1.00 bits per heavy atom. The first-order valence-corrected chi connectivity index (χ1v) is 9.63. The standard InChI is InChI=1S/C17H27NO4Si/c1-6-20-23(21-7-2,22-8-3)16(17(19)18(4)5)14-15-12-10-9-11-13-15/h9-14H,6-8H2,1-5H3/b16-14+. The third-order valence-electron chi connectivity index (χ3n) is 3.08. The lowest BCUT2D eigenvalue weighted by molar-refractivity contribution is -0.124. The summed E-state index contributed by atoms with van der Waals surface area (Å²) in [5.74, 6) is -0.157. The largest absolute Gasteiger partial charge is 0.542 e. The lowest BCUT2D eigenvalue weighted by Crippen LogP contribution is -2.52. The van der Waals surface area contributed by atoms with E-state index in [1.54, 1.807) is 14.1 Å². The summed E-state index contributed by atoms with van der Waals surface area (Å²) < 4.78 is 17.7. The molecule has 0 aliphatic carbocycles. The molecule has 0 bridgehead atoms. The van der Waals surface area contributed by atoms with Crippen molar-refractivity contribution in [3.63, 3.8) is 0 Å². The van der Waals surface area contributed by atoms with Gasteiger partial charge in [-0.2, -0.15) is 0 Å². The molecule has 5 nitrogen and oxygen atoms in total. The predicted octanol–water partition coefficient (Wildman–Crippen LogP) is 2.75. The molecule has 1 amide bonds. The van der Waals surface area contributed by atoms with Gasteiger partial charge in [-0.15, -0.1) is 0 Å². The Balaban J connectivity index is 3.43. The fourth-order valence-corrected chi connectivity index (χ4v) is 4.85. The topological polar surface area (TPSA) is 48.0 Å². The number of hydrogen-bond acceptors (Lipinski definition) is 4.